The lowest BCUT2D eigenvalue weighted by molar-refractivity contribution is 0.480. The van der Waals surface area contributed by atoms with Gasteiger partial charge >= 0.3 is 0 Å². The molecule has 0 aliphatic rings. The van der Waals surface area contributed by atoms with E-state index in [1.165, 1.54) is 6.07 Å². The number of aryl methyl sites for hydroxylation is 1. The molecule has 3 rings (SSSR count). The van der Waals surface area contributed by atoms with Crippen LogP contribution in [0, 0.1) is 0 Å². The number of aromatic nitrogens is 4. The molecule has 17 heavy (non-hydrogen) atoms. The average Bonchev–Trinajstić information content (AvgIpc) is 2.76. The smallest absolute Gasteiger partial charge is 0.144 e. The van der Waals surface area contributed by atoms with E-state index >= 15 is 0 Å². The molecule has 5 heteroatoms. The Morgan fingerprint density at radius 2 is 2.12 bits per heavy atom. The Kier molecular flexibility index (Phi) is 2.04. The summed E-state index contributed by atoms with van der Waals surface area (Å²) in [6.07, 6.45) is 5.17. The molecule has 0 saturated carbocycles. The predicted molar refractivity (Wildman–Crippen MR) is 63.4 cm³/mol. The van der Waals surface area contributed by atoms with Gasteiger partial charge in [0.25, 0.3) is 0 Å². The van der Waals surface area contributed by atoms with Crippen LogP contribution in [0.25, 0.3) is 22.3 Å². The molecule has 3 aromatic rings. The minimum atomic E-state index is 0.140. The van der Waals surface area contributed by atoms with Gasteiger partial charge < -0.3 is 5.11 Å². The SMILES string of the molecule is Cn1cc(-c2ccc3nccc(O)c3n2)cn1. The van der Waals surface area contributed by atoms with Crippen molar-refractivity contribution in [1.29, 1.82) is 0 Å². The highest BCUT2D eigenvalue weighted by Crippen LogP contribution is 2.24. The molecule has 0 bridgehead atoms. The van der Waals surface area contributed by atoms with E-state index in [2.05, 4.69) is 15.1 Å². The van der Waals surface area contributed by atoms with Crippen molar-refractivity contribution in [2.24, 2.45) is 7.05 Å². The molecule has 0 aliphatic carbocycles. The van der Waals surface area contributed by atoms with Gasteiger partial charge in [-0.1, -0.05) is 0 Å². The summed E-state index contributed by atoms with van der Waals surface area (Å²) in [5, 5.41) is 13.8. The van der Waals surface area contributed by atoms with E-state index in [1.54, 1.807) is 17.1 Å². The summed E-state index contributed by atoms with van der Waals surface area (Å²) in [4.78, 5) is 8.53. The number of pyridine rings is 2. The Bertz CT molecular complexity index is 690. The van der Waals surface area contributed by atoms with Crippen LogP contribution in [0.2, 0.25) is 0 Å². The third-order valence-electron chi connectivity index (χ3n) is 2.56. The van der Waals surface area contributed by atoms with Crippen molar-refractivity contribution in [3.63, 3.8) is 0 Å². The molecule has 0 saturated heterocycles. The van der Waals surface area contributed by atoms with Crippen molar-refractivity contribution in [3.8, 4) is 17.0 Å². The Morgan fingerprint density at radius 3 is 2.88 bits per heavy atom. The van der Waals surface area contributed by atoms with Crippen LogP contribution in [0.4, 0.5) is 0 Å². The van der Waals surface area contributed by atoms with Gasteiger partial charge in [-0.2, -0.15) is 5.10 Å². The molecule has 0 aromatic carbocycles. The molecule has 84 valence electrons. The quantitative estimate of drug-likeness (QED) is 0.686. The van der Waals surface area contributed by atoms with Crippen molar-refractivity contribution in [1.82, 2.24) is 19.7 Å². The van der Waals surface area contributed by atoms with Crippen LogP contribution in [0.3, 0.4) is 0 Å². The highest BCUT2D eigenvalue weighted by atomic mass is 16.3. The monoisotopic (exact) mass is 226 g/mol. The summed E-state index contributed by atoms with van der Waals surface area (Å²) in [5.41, 5.74) is 2.87. The fourth-order valence-corrected chi connectivity index (χ4v) is 1.73. The summed E-state index contributed by atoms with van der Waals surface area (Å²) < 4.78 is 1.71. The van der Waals surface area contributed by atoms with Gasteiger partial charge in [-0.25, -0.2) is 4.98 Å². The number of fused-ring (bicyclic) bond motifs is 1. The number of hydrogen-bond donors (Lipinski definition) is 1. The highest BCUT2D eigenvalue weighted by molar-refractivity contribution is 5.82. The van der Waals surface area contributed by atoms with Crippen molar-refractivity contribution >= 4 is 11.0 Å². The van der Waals surface area contributed by atoms with Gasteiger partial charge in [0.15, 0.2) is 0 Å². The Hall–Kier alpha value is -2.43. The first-order chi connectivity index (χ1) is 8.24. The fraction of sp³-hybridized carbons (Fsp3) is 0.0833. The Labute approximate surface area is 97.4 Å². The summed E-state index contributed by atoms with van der Waals surface area (Å²) in [6.45, 7) is 0. The zero-order chi connectivity index (χ0) is 11.8. The number of aromatic hydroxyl groups is 1. The van der Waals surface area contributed by atoms with Crippen LogP contribution in [-0.4, -0.2) is 24.9 Å². The van der Waals surface area contributed by atoms with E-state index in [-0.39, 0.29) is 5.75 Å². The molecule has 0 atom stereocenters. The first-order valence-electron chi connectivity index (χ1n) is 5.18. The Balaban J connectivity index is 2.22. The molecule has 3 heterocycles. The van der Waals surface area contributed by atoms with Crippen LogP contribution in [0.5, 0.6) is 5.75 Å². The van der Waals surface area contributed by atoms with Crippen LogP contribution in [0.15, 0.2) is 36.8 Å². The minimum absolute atomic E-state index is 0.140. The highest BCUT2D eigenvalue weighted by Gasteiger charge is 2.06. The van der Waals surface area contributed by atoms with Crippen LogP contribution < -0.4 is 0 Å². The second-order valence-corrected chi connectivity index (χ2v) is 3.80. The van der Waals surface area contributed by atoms with E-state index in [0.717, 1.165) is 11.3 Å². The lowest BCUT2D eigenvalue weighted by Gasteiger charge is -2.01. The molecule has 0 aliphatic heterocycles. The molecule has 0 spiro atoms. The maximum Gasteiger partial charge on any atom is 0.144 e. The zero-order valence-corrected chi connectivity index (χ0v) is 9.20. The standard InChI is InChI=1S/C12H10N4O/c1-16-7-8(6-14-16)9-2-3-10-12(15-9)11(17)4-5-13-10/h2-7H,1H3,(H,13,17). The summed E-state index contributed by atoms with van der Waals surface area (Å²) in [7, 11) is 1.85. The molecule has 0 radical (unpaired) electrons. The van der Waals surface area contributed by atoms with E-state index in [4.69, 9.17) is 0 Å². The second kappa shape index (κ2) is 3.55. The molecule has 0 fully saturated rings. The van der Waals surface area contributed by atoms with Crippen molar-refractivity contribution in [2.45, 2.75) is 0 Å². The molecular formula is C12H10N4O. The third-order valence-corrected chi connectivity index (χ3v) is 2.56. The zero-order valence-electron chi connectivity index (χ0n) is 9.20. The average molecular weight is 226 g/mol. The molecule has 3 aromatic heterocycles. The van der Waals surface area contributed by atoms with E-state index in [1.807, 2.05) is 25.4 Å². The maximum atomic E-state index is 9.72. The normalized spacial score (nSPS) is 10.9. The third kappa shape index (κ3) is 1.61. The summed E-state index contributed by atoms with van der Waals surface area (Å²) >= 11 is 0. The van der Waals surface area contributed by atoms with Gasteiger partial charge in [0.2, 0.25) is 0 Å². The Morgan fingerprint density at radius 1 is 1.24 bits per heavy atom. The summed E-state index contributed by atoms with van der Waals surface area (Å²) in [6, 6.07) is 5.23. The van der Waals surface area contributed by atoms with Crippen LogP contribution in [0.1, 0.15) is 0 Å². The van der Waals surface area contributed by atoms with Crippen LogP contribution in [-0.2, 0) is 7.05 Å². The molecule has 0 unspecified atom stereocenters. The van der Waals surface area contributed by atoms with Crippen molar-refractivity contribution in [3.05, 3.63) is 36.8 Å². The lowest BCUT2D eigenvalue weighted by Crippen LogP contribution is -1.87. The summed E-state index contributed by atoms with van der Waals surface area (Å²) in [5.74, 6) is 0.140. The van der Waals surface area contributed by atoms with Crippen LogP contribution >= 0.6 is 0 Å². The molecule has 0 amide bonds. The first-order valence-corrected chi connectivity index (χ1v) is 5.18. The lowest BCUT2D eigenvalue weighted by atomic mass is 10.2. The van der Waals surface area contributed by atoms with Crippen molar-refractivity contribution < 1.29 is 5.11 Å². The van der Waals surface area contributed by atoms with Gasteiger partial charge in [0, 0.05) is 31.1 Å². The maximum absolute atomic E-state index is 9.72. The predicted octanol–water partition coefficient (Wildman–Crippen LogP) is 1.74. The number of nitrogens with zero attached hydrogens (tertiary/aromatic N) is 4. The van der Waals surface area contributed by atoms with E-state index in [9.17, 15) is 5.11 Å². The molecule has 1 N–H and O–H groups in total. The van der Waals surface area contributed by atoms with E-state index in [0.29, 0.717) is 11.0 Å². The fourth-order valence-electron chi connectivity index (χ4n) is 1.73. The van der Waals surface area contributed by atoms with Gasteiger partial charge in [0.05, 0.1) is 17.4 Å². The van der Waals surface area contributed by atoms with Gasteiger partial charge in [-0.05, 0) is 12.1 Å². The largest absolute Gasteiger partial charge is 0.506 e. The number of rotatable bonds is 1. The topological polar surface area (TPSA) is 63.8 Å². The van der Waals surface area contributed by atoms with Gasteiger partial charge in [-0.15, -0.1) is 0 Å². The molecular weight excluding hydrogens is 216 g/mol. The van der Waals surface area contributed by atoms with E-state index < -0.39 is 0 Å². The second-order valence-electron chi connectivity index (χ2n) is 3.80. The van der Waals surface area contributed by atoms with Gasteiger partial charge in [-0.3, -0.25) is 9.67 Å². The minimum Gasteiger partial charge on any atom is -0.506 e. The molecule has 5 nitrogen and oxygen atoms in total. The number of hydrogen-bond acceptors (Lipinski definition) is 4. The first kappa shape index (κ1) is 9.77. The van der Waals surface area contributed by atoms with Crippen molar-refractivity contribution in [2.75, 3.05) is 0 Å². The van der Waals surface area contributed by atoms with Gasteiger partial charge in [0.1, 0.15) is 11.3 Å².